The number of rotatable bonds is 5. The Balaban J connectivity index is 2.15. The molecular weight excluding hydrogens is 447 g/mol. The fraction of sp³-hybridized carbons (Fsp3) is 0.235. The largest absolute Gasteiger partial charge is 0.478 e. The van der Waals surface area contributed by atoms with Crippen LogP contribution in [0.3, 0.4) is 0 Å². The van der Waals surface area contributed by atoms with Gasteiger partial charge in [0.05, 0.1) is 23.3 Å². The van der Waals surface area contributed by atoms with E-state index in [1.807, 2.05) is 0 Å². The van der Waals surface area contributed by atoms with E-state index in [1.165, 1.54) is 44.5 Å². The van der Waals surface area contributed by atoms with Crippen LogP contribution in [-0.4, -0.2) is 47.9 Å². The summed E-state index contributed by atoms with van der Waals surface area (Å²) in [5, 5.41) is 11.9. The Kier molecular flexibility index (Phi) is 5.94. The molecule has 0 radical (unpaired) electrons. The maximum absolute atomic E-state index is 12.6. The van der Waals surface area contributed by atoms with Crippen LogP contribution in [0.2, 0.25) is 0 Å². The van der Waals surface area contributed by atoms with Gasteiger partial charge in [-0.15, -0.1) is 0 Å². The third kappa shape index (κ3) is 4.51. The minimum Gasteiger partial charge on any atom is -0.478 e. The van der Waals surface area contributed by atoms with Crippen LogP contribution in [-0.2, 0) is 14.6 Å². The molecule has 1 aromatic carbocycles. The third-order valence-corrected chi connectivity index (χ3v) is 6.36. The number of hydrogen-bond acceptors (Lipinski definition) is 9. The monoisotopic (exact) mass is 461 g/mol. The standard InChI is InChI=1S/C17H14F3N3O5S2/c1-3-30(25,26)13-6-9(15(23-24)27-2)8-21-14(13)16-22-11-7-10(29-17(18,19)20)4-5-12(11)28-16/h4-8,24H,3H2,1-2H3/b23-15-. The first-order chi connectivity index (χ1) is 14.1. The predicted molar refractivity (Wildman–Crippen MR) is 102 cm³/mol. The smallest absolute Gasteiger partial charge is 0.446 e. The summed E-state index contributed by atoms with van der Waals surface area (Å²) in [4.78, 5) is 7.83. The van der Waals surface area contributed by atoms with Crippen molar-refractivity contribution in [1.82, 2.24) is 9.97 Å². The zero-order valence-corrected chi connectivity index (χ0v) is 17.1. The van der Waals surface area contributed by atoms with Crippen molar-refractivity contribution in [1.29, 1.82) is 0 Å². The Morgan fingerprint density at radius 3 is 2.67 bits per heavy atom. The van der Waals surface area contributed by atoms with E-state index in [0.29, 0.717) is 0 Å². The molecule has 0 bridgehead atoms. The lowest BCUT2D eigenvalue weighted by molar-refractivity contribution is -0.0328. The number of nitrogens with zero attached hydrogens (tertiary/aromatic N) is 3. The highest BCUT2D eigenvalue weighted by atomic mass is 32.2. The summed E-state index contributed by atoms with van der Waals surface area (Å²) in [5.41, 5.74) is -4.23. The average Bonchev–Trinajstić information content (AvgIpc) is 3.10. The van der Waals surface area contributed by atoms with Crippen molar-refractivity contribution in [3.8, 4) is 11.6 Å². The van der Waals surface area contributed by atoms with Gasteiger partial charge in [0.2, 0.25) is 5.89 Å². The number of thioether (sulfide) groups is 1. The molecule has 0 saturated heterocycles. The van der Waals surface area contributed by atoms with Crippen molar-refractivity contribution in [2.24, 2.45) is 5.16 Å². The lowest BCUT2D eigenvalue weighted by atomic mass is 10.2. The van der Waals surface area contributed by atoms with E-state index < -0.39 is 15.3 Å². The number of sulfone groups is 1. The molecule has 1 N–H and O–H groups in total. The van der Waals surface area contributed by atoms with Gasteiger partial charge in [-0.3, -0.25) is 0 Å². The first-order valence-electron chi connectivity index (χ1n) is 8.24. The number of methoxy groups -OCH3 is 1. The van der Waals surface area contributed by atoms with Gasteiger partial charge in [0.25, 0.3) is 5.90 Å². The van der Waals surface area contributed by atoms with Crippen molar-refractivity contribution in [2.75, 3.05) is 12.9 Å². The third-order valence-electron chi connectivity index (χ3n) is 3.89. The summed E-state index contributed by atoms with van der Waals surface area (Å²) in [6.45, 7) is 1.43. The minimum absolute atomic E-state index is 0.0933. The number of oxime groups is 1. The number of alkyl halides is 3. The Morgan fingerprint density at radius 2 is 2.07 bits per heavy atom. The van der Waals surface area contributed by atoms with E-state index in [9.17, 15) is 21.6 Å². The lowest BCUT2D eigenvalue weighted by Crippen LogP contribution is -2.11. The van der Waals surface area contributed by atoms with Gasteiger partial charge in [0.15, 0.2) is 15.4 Å². The maximum Gasteiger partial charge on any atom is 0.446 e. The molecule has 160 valence electrons. The molecule has 8 nitrogen and oxygen atoms in total. The van der Waals surface area contributed by atoms with Crippen LogP contribution in [0.4, 0.5) is 13.2 Å². The molecule has 0 saturated carbocycles. The Hall–Kier alpha value is -2.80. The zero-order chi connectivity index (χ0) is 22.1. The summed E-state index contributed by atoms with van der Waals surface area (Å²) >= 11 is -0.302. The van der Waals surface area contributed by atoms with Crippen molar-refractivity contribution in [3.63, 3.8) is 0 Å². The summed E-state index contributed by atoms with van der Waals surface area (Å²) in [7, 11) is -2.60. The van der Waals surface area contributed by atoms with Gasteiger partial charge in [-0.2, -0.15) is 13.2 Å². The normalized spacial score (nSPS) is 13.0. The van der Waals surface area contributed by atoms with Crippen molar-refractivity contribution in [3.05, 3.63) is 36.0 Å². The van der Waals surface area contributed by atoms with Crippen LogP contribution in [0.5, 0.6) is 0 Å². The van der Waals surface area contributed by atoms with Gasteiger partial charge < -0.3 is 14.4 Å². The summed E-state index contributed by atoms with van der Waals surface area (Å²) < 4.78 is 73.4. The van der Waals surface area contributed by atoms with E-state index in [4.69, 9.17) is 14.4 Å². The van der Waals surface area contributed by atoms with Crippen molar-refractivity contribution in [2.45, 2.75) is 22.2 Å². The van der Waals surface area contributed by atoms with E-state index in [2.05, 4.69) is 15.1 Å². The predicted octanol–water partition coefficient (Wildman–Crippen LogP) is 4.08. The summed E-state index contributed by atoms with van der Waals surface area (Å²) in [6, 6.07) is 4.91. The lowest BCUT2D eigenvalue weighted by Gasteiger charge is -2.09. The first kappa shape index (κ1) is 21.9. The topological polar surface area (TPSA) is 115 Å². The van der Waals surface area contributed by atoms with Crippen LogP contribution in [0.1, 0.15) is 12.5 Å². The number of oxazole rings is 1. The molecule has 30 heavy (non-hydrogen) atoms. The van der Waals surface area contributed by atoms with Crippen LogP contribution in [0, 0.1) is 0 Å². The number of aromatic nitrogens is 2. The molecule has 0 atom stereocenters. The highest BCUT2D eigenvalue weighted by Crippen LogP contribution is 2.38. The van der Waals surface area contributed by atoms with E-state index in [-0.39, 0.29) is 61.5 Å². The molecule has 0 aliphatic heterocycles. The molecule has 0 unspecified atom stereocenters. The molecule has 0 fully saturated rings. The molecule has 3 aromatic rings. The number of hydrogen-bond donors (Lipinski definition) is 1. The van der Waals surface area contributed by atoms with E-state index in [1.54, 1.807) is 0 Å². The molecule has 0 aliphatic carbocycles. The Labute approximate surface area is 172 Å². The number of halogens is 3. The van der Waals surface area contributed by atoms with Crippen LogP contribution in [0.25, 0.3) is 22.7 Å². The quantitative estimate of drug-likeness (QED) is 0.199. The molecule has 13 heteroatoms. The second-order valence-electron chi connectivity index (χ2n) is 5.78. The van der Waals surface area contributed by atoms with Gasteiger partial charge in [0.1, 0.15) is 11.2 Å². The van der Waals surface area contributed by atoms with E-state index >= 15 is 0 Å². The van der Waals surface area contributed by atoms with Crippen molar-refractivity contribution >= 4 is 38.6 Å². The van der Waals surface area contributed by atoms with Crippen LogP contribution < -0.4 is 0 Å². The number of benzene rings is 1. The second-order valence-corrected chi connectivity index (χ2v) is 9.16. The molecule has 3 rings (SSSR count). The summed E-state index contributed by atoms with van der Waals surface area (Å²) in [5.74, 6) is -0.707. The maximum atomic E-state index is 12.6. The van der Waals surface area contributed by atoms with Gasteiger partial charge in [0, 0.05) is 11.1 Å². The highest BCUT2D eigenvalue weighted by molar-refractivity contribution is 8.00. The fourth-order valence-corrected chi connectivity index (χ4v) is 4.16. The highest BCUT2D eigenvalue weighted by Gasteiger charge is 2.30. The van der Waals surface area contributed by atoms with Gasteiger partial charge in [-0.1, -0.05) is 6.92 Å². The average molecular weight is 461 g/mol. The fourth-order valence-electron chi connectivity index (χ4n) is 2.54. The molecule has 0 aliphatic rings. The number of pyridine rings is 1. The van der Waals surface area contributed by atoms with Gasteiger partial charge in [-0.05, 0) is 41.2 Å². The van der Waals surface area contributed by atoms with Gasteiger partial charge >= 0.3 is 5.51 Å². The molecule has 2 aromatic heterocycles. The summed E-state index contributed by atoms with van der Waals surface area (Å²) in [6.07, 6.45) is 1.20. The zero-order valence-electron chi connectivity index (χ0n) is 15.5. The molecular formula is C17H14F3N3O5S2. The first-order valence-corrected chi connectivity index (χ1v) is 10.7. The van der Waals surface area contributed by atoms with Crippen LogP contribution in [0.15, 0.2) is 49.8 Å². The minimum atomic E-state index is -4.46. The van der Waals surface area contributed by atoms with Crippen LogP contribution >= 0.6 is 11.8 Å². The van der Waals surface area contributed by atoms with Crippen molar-refractivity contribution < 1.29 is 36.0 Å². The number of fused-ring (bicyclic) bond motifs is 1. The Morgan fingerprint density at radius 1 is 1.33 bits per heavy atom. The second kappa shape index (κ2) is 8.14. The SMILES string of the molecule is CCS(=O)(=O)c1cc(/C(=N/O)OC)cnc1-c1nc2cc(SC(F)(F)F)ccc2o1. The Bertz CT molecular complexity index is 1220. The number of ether oxygens (including phenoxy) is 1. The molecule has 0 spiro atoms. The molecule has 2 heterocycles. The van der Waals surface area contributed by atoms with E-state index in [0.717, 1.165) is 0 Å². The van der Waals surface area contributed by atoms with Gasteiger partial charge in [-0.25, -0.2) is 18.4 Å². The molecule has 0 amide bonds.